The van der Waals surface area contributed by atoms with Crippen molar-refractivity contribution in [2.24, 2.45) is 0 Å². The molecule has 2 aliphatic rings. The molecule has 2 aliphatic heterocycles. The van der Waals surface area contributed by atoms with Gasteiger partial charge in [-0.25, -0.2) is 4.98 Å². The zero-order valence-corrected chi connectivity index (χ0v) is 16.9. The van der Waals surface area contributed by atoms with Crippen molar-refractivity contribution in [2.45, 2.75) is 25.3 Å². The van der Waals surface area contributed by atoms with Gasteiger partial charge in [-0.3, -0.25) is 4.79 Å². The Labute approximate surface area is 171 Å². The van der Waals surface area contributed by atoms with Crippen molar-refractivity contribution in [3.8, 4) is 21.4 Å². The number of likely N-dealkylation sites (tertiary alicyclic amines) is 1. The maximum Gasteiger partial charge on any atom is 0.229 e. The fourth-order valence-corrected chi connectivity index (χ4v) is 5.47. The average Bonchev–Trinajstić information content (AvgIpc) is 3.48. The van der Waals surface area contributed by atoms with Gasteiger partial charge in [0.2, 0.25) is 5.91 Å². The number of nitrogens with zero attached hydrogens (tertiary/aromatic N) is 2. The Balaban J connectivity index is 1.32. The van der Waals surface area contributed by atoms with E-state index in [-0.39, 0.29) is 11.9 Å². The van der Waals surface area contributed by atoms with Crippen molar-refractivity contribution in [2.75, 3.05) is 19.8 Å². The van der Waals surface area contributed by atoms with E-state index in [1.165, 1.54) is 0 Å². The standard InChI is InChI=1S/C21H20N2O3S2/c24-20(12-15-13-28-21(22-15)19-4-2-10-27-19)23-7-1-3-16(23)14-5-6-17-18(11-14)26-9-8-25-17/h2,4-6,10-11,13,16H,1,3,7-9,12H2/t16-/m1/s1. The lowest BCUT2D eigenvalue weighted by Crippen LogP contribution is -2.32. The molecule has 0 radical (unpaired) electrons. The molecule has 28 heavy (non-hydrogen) atoms. The van der Waals surface area contributed by atoms with Gasteiger partial charge < -0.3 is 14.4 Å². The van der Waals surface area contributed by atoms with Gasteiger partial charge in [-0.05, 0) is 42.0 Å². The van der Waals surface area contributed by atoms with Gasteiger partial charge in [0.1, 0.15) is 18.2 Å². The summed E-state index contributed by atoms with van der Waals surface area (Å²) in [4.78, 5) is 20.8. The average molecular weight is 413 g/mol. The topological polar surface area (TPSA) is 51.7 Å². The van der Waals surface area contributed by atoms with Crippen LogP contribution in [0.5, 0.6) is 11.5 Å². The van der Waals surface area contributed by atoms with Crippen LogP contribution in [-0.4, -0.2) is 35.5 Å². The van der Waals surface area contributed by atoms with Gasteiger partial charge >= 0.3 is 0 Å². The molecule has 1 aromatic carbocycles. The summed E-state index contributed by atoms with van der Waals surface area (Å²) in [6.07, 6.45) is 2.34. The zero-order chi connectivity index (χ0) is 18.9. The molecule has 4 heterocycles. The molecule has 0 N–H and O–H groups in total. The number of aromatic nitrogens is 1. The van der Waals surface area contributed by atoms with Crippen LogP contribution in [0.4, 0.5) is 0 Å². The molecule has 5 nitrogen and oxygen atoms in total. The lowest BCUT2D eigenvalue weighted by Gasteiger charge is -2.26. The summed E-state index contributed by atoms with van der Waals surface area (Å²) in [6, 6.07) is 10.2. The minimum Gasteiger partial charge on any atom is -0.486 e. The number of hydrogen-bond acceptors (Lipinski definition) is 6. The summed E-state index contributed by atoms with van der Waals surface area (Å²) < 4.78 is 11.3. The SMILES string of the molecule is O=C(Cc1csc(-c2cccs2)n1)N1CCC[C@@H]1c1ccc2c(c1)OCCO2. The van der Waals surface area contributed by atoms with Gasteiger partial charge in [0.05, 0.1) is 23.0 Å². The van der Waals surface area contributed by atoms with Gasteiger partial charge in [-0.1, -0.05) is 12.1 Å². The molecular weight excluding hydrogens is 392 g/mol. The summed E-state index contributed by atoms with van der Waals surface area (Å²) in [6.45, 7) is 1.95. The predicted octanol–water partition coefficient (Wildman–Crippen LogP) is 4.55. The van der Waals surface area contributed by atoms with Crippen LogP contribution < -0.4 is 9.47 Å². The normalized spacial score (nSPS) is 18.4. The van der Waals surface area contributed by atoms with Crippen molar-refractivity contribution in [1.82, 2.24) is 9.88 Å². The van der Waals surface area contributed by atoms with Crippen molar-refractivity contribution in [3.05, 3.63) is 52.3 Å². The zero-order valence-electron chi connectivity index (χ0n) is 15.3. The van der Waals surface area contributed by atoms with E-state index in [1.807, 2.05) is 33.9 Å². The highest BCUT2D eigenvalue weighted by Gasteiger charge is 2.31. The minimum atomic E-state index is 0.0960. The van der Waals surface area contributed by atoms with E-state index >= 15 is 0 Å². The smallest absolute Gasteiger partial charge is 0.229 e. The molecule has 1 fully saturated rings. The number of rotatable bonds is 4. The Hall–Kier alpha value is -2.38. The molecule has 0 spiro atoms. The van der Waals surface area contributed by atoms with Gasteiger partial charge in [0.25, 0.3) is 0 Å². The van der Waals surface area contributed by atoms with Gasteiger partial charge in [-0.15, -0.1) is 22.7 Å². The number of carbonyl (C=O) groups is 1. The first-order chi connectivity index (χ1) is 13.8. The van der Waals surface area contributed by atoms with Crippen molar-refractivity contribution >= 4 is 28.6 Å². The molecular formula is C21H20N2O3S2. The Bertz CT molecular complexity index is 983. The fourth-order valence-electron chi connectivity index (χ4n) is 3.84. The third-order valence-electron chi connectivity index (χ3n) is 5.14. The highest BCUT2D eigenvalue weighted by atomic mass is 32.1. The van der Waals surface area contributed by atoms with E-state index in [4.69, 9.17) is 9.47 Å². The molecule has 1 amide bonds. The molecule has 0 bridgehead atoms. The lowest BCUT2D eigenvalue weighted by atomic mass is 10.0. The lowest BCUT2D eigenvalue weighted by molar-refractivity contribution is -0.131. The van der Waals surface area contributed by atoms with Crippen molar-refractivity contribution in [3.63, 3.8) is 0 Å². The quantitative estimate of drug-likeness (QED) is 0.631. The van der Waals surface area contributed by atoms with Crippen LogP contribution in [0.25, 0.3) is 9.88 Å². The first-order valence-corrected chi connectivity index (χ1v) is 11.2. The predicted molar refractivity (Wildman–Crippen MR) is 110 cm³/mol. The summed E-state index contributed by atoms with van der Waals surface area (Å²) in [5.41, 5.74) is 1.97. The highest BCUT2D eigenvalue weighted by molar-refractivity contribution is 7.20. The van der Waals surface area contributed by atoms with E-state index in [1.54, 1.807) is 22.7 Å². The maximum absolute atomic E-state index is 13.0. The second-order valence-corrected chi connectivity index (χ2v) is 8.75. The molecule has 144 valence electrons. The van der Waals surface area contributed by atoms with Crippen LogP contribution in [0, 0.1) is 0 Å². The summed E-state index contributed by atoms with van der Waals surface area (Å²) >= 11 is 3.28. The number of fused-ring (bicyclic) bond motifs is 1. The third-order valence-corrected chi connectivity index (χ3v) is 7.07. The maximum atomic E-state index is 13.0. The van der Waals surface area contributed by atoms with E-state index in [9.17, 15) is 4.79 Å². The first-order valence-electron chi connectivity index (χ1n) is 9.45. The fraction of sp³-hybridized carbons (Fsp3) is 0.333. The summed E-state index contributed by atoms with van der Waals surface area (Å²) in [5.74, 6) is 1.71. The summed E-state index contributed by atoms with van der Waals surface area (Å²) in [7, 11) is 0. The number of amides is 1. The second-order valence-electron chi connectivity index (χ2n) is 6.95. The molecule has 7 heteroatoms. The number of carbonyl (C=O) groups excluding carboxylic acids is 1. The van der Waals surface area contributed by atoms with Crippen molar-refractivity contribution < 1.29 is 14.3 Å². The van der Waals surface area contributed by atoms with E-state index in [0.29, 0.717) is 19.6 Å². The monoisotopic (exact) mass is 412 g/mol. The number of ether oxygens (including phenoxy) is 2. The Morgan fingerprint density at radius 2 is 2.07 bits per heavy atom. The Kier molecular flexibility index (Phi) is 4.78. The van der Waals surface area contributed by atoms with Crippen LogP contribution in [-0.2, 0) is 11.2 Å². The molecule has 3 aromatic rings. The Morgan fingerprint density at radius 3 is 2.93 bits per heavy atom. The highest BCUT2D eigenvalue weighted by Crippen LogP contribution is 2.38. The van der Waals surface area contributed by atoms with E-state index in [0.717, 1.165) is 52.0 Å². The molecule has 0 unspecified atom stereocenters. The van der Waals surface area contributed by atoms with Crippen LogP contribution in [0.3, 0.4) is 0 Å². The van der Waals surface area contributed by atoms with Crippen LogP contribution >= 0.6 is 22.7 Å². The largest absolute Gasteiger partial charge is 0.486 e. The molecule has 5 rings (SSSR count). The number of benzene rings is 1. The van der Waals surface area contributed by atoms with Crippen LogP contribution in [0.2, 0.25) is 0 Å². The Morgan fingerprint density at radius 1 is 1.18 bits per heavy atom. The van der Waals surface area contributed by atoms with Gasteiger partial charge in [0, 0.05) is 11.9 Å². The summed E-state index contributed by atoms with van der Waals surface area (Å²) in [5, 5.41) is 5.04. The van der Waals surface area contributed by atoms with Crippen LogP contribution in [0.15, 0.2) is 41.1 Å². The number of hydrogen-bond donors (Lipinski definition) is 0. The van der Waals surface area contributed by atoms with Gasteiger partial charge in [-0.2, -0.15) is 0 Å². The van der Waals surface area contributed by atoms with E-state index in [2.05, 4.69) is 17.1 Å². The molecule has 0 aliphatic carbocycles. The minimum absolute atomic E-state index is 0.0960. The molecule has 1 atom stereocenters. The first kappa shape index (κ1) is 17.7. The molecule has 0 saturated carbocycles. The molecule has 2 aromatic heterocycles. The molecule has 1 saturated heterocycles. The van der Waals surface area contributed by atoms with Crippen molar-refractivity contribution in [1.29, 1.82) is 0 Å². The third kappa shape index (κ3) is 3.40. The second kappa shape index (κ2) is 7.56. The van der Waals surface area contributed by atoms with Gasteiger partial charge in [0.15, 0.2) is 11.5 Å². The number of thiazole rings is 1. The van der Waals surface area contributed by atoms with E-state index < -0.39 is 0 Å². The number of thiophene rings is 1. The van der Waals surface area contributed by atoms with Crippen LogP contribution in [0.1, 0.15) is 30.1 Å².